The Morgan fingerprint density at radius 1 is 0.639 bits per heavy atom. The number of benzene rings is 4. The highest BCUT2D eigenvalue weighted by molar-refractivity contribution is 6.30. The Bertz CT molecular complexity index is 1250. The highest BCUT2D eigenvalue weighted by Crippen LogP contribution is 2.37. The molecule has 0 spiro atoms. The molecular formula is C32H33ClN2O. The number of phenolic OH excluding ortho intramolecular Hbond substituents is 1. The molecule has 5 rings (SSSR count). The molecule has 184 valence electrons. The summed E-state index contributed by atoms with van der Waals surface area (Å²) in [4.78, 5) is 5.08. The molecule has 0 aliphatic carbocycles. The SMILES string of the molecule is CCc1ccc(C(c2ccccc2O)N2CCN(C(c3ccccc3)c3ccc(Cl)cc3)CC2)cc1. The summed E-state index contributed by atoms with van der Waals surface area (Å²) >= 11 is 6.21. The summed E-state index contributed by atoms with van der Waals surface area (Å²) in [5.74, 6) is 0.354. The first-order chi connectivity index (χ1) is 17.6. The van der Waals surface area contributed by atoms with Crippen molar-refractivity contribution in [1.82, 2.24) is 9.80 Å². The molecule has 4 aromatic carbocycles. The number of rotatable bonds is 7. The van der Waals surface area contributed by atoms with E-state index in [4.69, 9.17) is 11.6 Å². The number of hydrogen-bond acceptors (Lipinski definition) is 3. The molecule has 1 fully saturated rings. The van der Waals surface area contributed by atoms with Crippen LogP contribution in [-0.2, 0) is 6.42 Å². The maximum absolute atomic E-state index is 10.8. The van der Waals surface area contributed by atoms with Gasteiger partial charge in [-0.05, 0) is 46.9 Å². The maximum Gasteiger partial charge on any atom is 0.120 e. The average Bonchev–Trinajstić information content (AvgIpc) is 2.93. The van der Waals surface area contributed by atoms with E-state index >= 15 is 0 Å². The lowest BCUT2D eigenvalue weighted by atomic mass is 9.93. The molecule has 1 aliphatic rings. The van der Waals surface area contributed by atoms with Gasteiger partial charge >= 0.3 is 0 Å². The molecule has 0 bridgehead atoms. The molecule has 0 radical (unpaired) electrons. The van der Waals surface area contributed by atoms with Crippen LogP contribution in [0.4, 0.5) is 0 Å². The van der Waals surface area contributed by atoms with Gasteiger partial charge in [0.2, 0.25) is 0 Å². The molecule has 0 saturated carbocycles. The standard InChI is InChI=1S/C32H33ClN2O/c1-2-24-12-14-27(15-13-24)32(29-10-6-7-11-30(29)36)35-22-20-34(21-23-35)31(25-8-4-3-5-9-25)26-16-18-28(33)19-17-26/h3-19,31-32,36H,2,20-23H2,1H3. The van der Waals surface area contributed by atoms with Crippen LogP contribution in [-0.4, -0.2) is 41.1 Å². The van der Waals surface area contributed by atoms with Crippen molar-refractivity contribution in [3.05, 3.63) is 136 Å². The maximum atomic E-state index is 10.8. The third-order valence-corrected chi connectivity index (χ3v) is 7.57. The van der Waals surface area contributed by atoms with Gasteiger partial charge in [-0.1, -0.05) is 103 Å². The van der Waals surface area contributed by atoms with E-state index in [1.807, 2.05) is 24.3 Å². The lowest BCUT2D eigenvalue weighted by molar-refractivity contribution is 0.0891. The third kappa shape index (κ3) is 5.34. The van der Waals surface area contributed by atoms with Crippen LogP contribution in [0, 0.1) is 0 Å². The van der Waals surface area contributed by atoms with E-state index in [1.54, 1.807) is 6.07 Å². The summed E-state index contributed by atoms with van der Waals surface area (Å²) in [6.45, 7) is 5.86. The molecule has 36 heavy (non-hydrogen) atoms. The summed E-state index contributed by atoms with van der Waals surface area (Å²) in [5.41, 5.74) is 6.06. The Labute approximate surface area is 219 Å². The van der Waals surface area contributed by atoms with E-state index < -0.39 is 0 Å². The van der Waals surface area contributed by atoms with E-state index in [9.17, 15) is 5.11 Å². The van der Waals surface area contributed by atoms with E-state index in [0.717, 1.165) is 43.2 Å². The van der Waals surface area contributed by atoms with E-state index in [-0.39, 0.29) is 12.1 Å². The summed E-state index contributed by atoms with van der Waals surface area (Å²) in [7, 11) is 0. The highest BCUT2D eigenvalue weighted by Gasteiger charge is 2.31. The number of hydrogen-bond donors (Lipinski definition) is 1. The minimum absolute atomic E-state index is 0.0185. The molecule has 1 saturated heterocycles. The zero-order valence-corrected chi connectivity index (χ0v) is 21.5. The van der Waals surface area contributed by atoms with Crippen LogP contribution >= 0.6 is 11.6 Å². The minimum Gasteiger partial charge on any atom is -0.508 e. The molecule has 1 aliphatic heterocycles. The predicted octanol–water partition coefficient (Wildman–Crippen LogP) is 7.10. The van der Waals surface area contributed by atoms with Crippen molar-refractivity contribution >= 4 is 11.6 Å². The number of para-hydroxylation sites is 1. The van der Waals surface area contributed by atoms with Gasteiger partial charge in [0.05, 0.1) is 12.1 Å². The first-order valence-electron chi connectivity index (χ1n) is 12.8. The van der Waals surface area contributed by atoms with Crippen molar-refractivity contribution < 1.29 is 5.11 Å². The second-order valence-corrected chi connectivity index (χ2v) is 9.93. The lowest BCUT2D eigenvalue weighted by Crippen LogP contribution is -2.49. The van der Waals surface area contributed by atoms with Gasteiger partial charge in [0.15, 0.2) is 0 Å². The van der Waals surface area contributed by atoms with Gasteiger partial charge in [-0.25, -0.2) is 0 Å². The van der Waals surface area contributed by atoms with Crippen molar-refractivity contribution in [2.24, 2.45) is 0 Å². The van der Waals surface area contributed by atoms with E-state index in [1.165, 1.54) is 22.3 Å². The molecule has 0 amide bonds. The quantitative estimate of drug-likeness (QED) is 0.295. The third-order valence-electron chi connectivity index (χ3n) is 7.32. The Balaban J connectivity index is 1.42. The van der Waals surface area contributed by atoms with Gasteiger partial charge in [0, 0.05) is 36.8 Å². The number of nitrogens with zero attached hydrogens (tertiary/aromatic N) is 2. The van der Waals surface area contributed by atoms with E-state index in [0.29, 0.717) is 5.75 Å². The first-order valence-corrected chi connectivity index (χ1v) is 13.2. The molecule has 1 heterocycles. The van der Waals surface area contributed by atoms with Crippen LogP contribution in [0.1, 0.15) is 46.8 Å². The van der Waals surface area contributed by atoms with Crippen molar-refractivity contribution in [3.63, 3.8) is 0 Å². The first kappa shape index (κ1) is 24.6. The summed E-state index contributed by atoms with van der Waals surface area (Å²) in [6.07, 6.45) is 1.02. The largest absolute Gasteiger partial charge is 0.508 e. The number of phenols is 1. The van der Waals surface area contributed by atoms with Crippen LogP contribution in [0.3, 0.4) is 0 Å². The Morgan fingerprint density at radius 2 is 1.14 bits per heavy atom. The molecule has 4 heteroatoms. The Kier molecular flexibility index (Phi) is 7.72. The fraction of sp³-hybridized carbons (Fsp3) is 0.250. The van der Waals surface area contributed by atoms with Crippen LogP contribution in [0.5, 0.6) is 5.75 Å². The summed E-state index contributed by atoms with van der Waals surface area (Å²) < 4.78 is 0. The smallest absolute Gasteiger partial charge is 0.120 e. The van der Waals surface area contributed by atoms with Gasteiger partial charge in [-0.15, -0.1) is 0 Å². The van der Waals surface area contributed by atoms with Gasteiger partial charge in [0.25, 0.3) is 0 Å². The van der Waals surface area contributed by atoms with Crippen LogP contribution in [0.25, 0.3) is 0 Å². The number of halogens is 1. The summed E-state index contributed by atoms with van der Waals surface area (Å²) in [6, 6.07) is 35.8. The molecule has 1 N–H and O–H groups in total. The van der Waals surface area contributed by atoms with Crippen LogP contribution in [0.15, 0.2) is 103 Å². The zero-order valence-electron chi connectivity index (χ0n) is 20.7. The van der Waals surface area contributed by atoms with Gasteiger partial charge in [-0.3, -0.25) is 9.80 Å². The fourth-order valence-electron chi connectivity index (χ4n) is 5.39. The normalized spacial score (nSPS) is 16.5. The van der Waals surface area contributed by atoms with Crippen molar-refractivity contribution in [1.29, 1.82) is 0 Å². The Morgan fingerprint density at radius 3 is 1.75 bits per heavy atom. The molecule has 2 atom stereocenters. The predicted molar refractivity (Wildman–Crippen MR) is 149 cm³/mol. The van der Waals surface area contributed by atoms with Gasteiger partial charge < -0.3 is 5.11 Å². The second-order valence-electron chi connectivity index (χ2n) is 9.49. The molecule has 2 unspecified atom stereocenters. The van der Waals surface area contributed by atoms with E-state index in [2.05, 4.69) is 89.5 Å². The molecule has 0 aromatic heterocycles. The van der Waals surface area contributed by atoms with Crippen LogP contribution < -0.4 is 0 Å². The summed E-state index contributed by atoms with van der Waals surface area (Å²) in [5, 5.41) is 11.5. The topological polar surface area (TPSA) is 26.7 Å². The highest BCUT2D eigenvalue weighted by atomic mass is 35.5. The zero-order chi connectivity index (χ0) is 24.9. The number of aryl methyl sites for hydroxylation is 1. The van der Waals surface area contributed by atoms with Gasteiger partial charge in [0.1, 0.15) is 5.75 Å². The average molecular weight is 497 g/mol. The molecule has 3 nitrogen and oxygen atoms in total. The molecular weight excluding hydrogens is 464 g/mol. The fourth-order valence-corrected chi connectivity index (χ4v) is 5.52. The number of aromatic hydroxyl groups is 1. The van der Waals surface area contributed by atoms with Gasteiger partial charge in [-0.2, -0.15) is 0 Å². The van der Waals surface area contributed by atoms with Crippen molar-refractivity contribution in [2.75, 3.05) is 26.2 Å². The molecule has 4 aromatic rings. The Hall–Kier alpha value is -3.11. The second kappa shape index (κ2) is 11.3. The lowest BCUT2D eigenvalue weighted by Gasteiger charge is -2.43. The number of piperazine rings is 1. The van der Waals surface area contributed by atoms with Crippen LogP contribution in [0.2, 0.25) is 5.02 Å². The monoisotopic (exact) mass is 496 g/mol. The van der Waals surface area contributed by atoms with Crippen molar-refractivity contribution in [2.45, 2.75) is 25.4 Å². The van der Waals surface area contributed by atoms with Crippen molar-refractivity contribution in [3.8, 4) is 5.75 Å². The minimum atomic E-state index is 0.0185.